The molecule has 4 rings (SSSR count). The third kappa shape index (κ3) is 5.38. The summed E-state index contributed by atoms with van der Waals surface area (Å²) in [5, 5.41) is 13.2. The SMILES string of the molecule is CC(C)[C@H](N)C(=O)N1CCN(C(=O)O)C(Cc2ccccc2)[C@H]1C(=O)N[C@@H]1CCCc2ccccc21. The monoisotopic (exact) mass is 492 g/mol. The van der Waals surface area contributed by atoms with Gasteiger partial charge in [-0.05, 0) is 48.3 Å². The molecule has 2 aliphatic rings. The van der Waals surface area contributed by atoms with Crippen LogP contribution in [-0.2, 0) is 22.4 Å². The lowest BCUT2D eigenvalue weighted by Gasteiger charge is -2.47. The zero-order valence-electron chi connectivity index (χ0n) is 21.0. The van der Waals surface area contributed by atoms with Gasteiger partial charge in [-0.15, -0.1) is 0 Å². The molecule has 0 radical (unpaired) electrons. The van der Waals surface area contributed by atoms with Crippen LogP contribution in [0.3, 0.4) is 0 Å². The summed E-state index contributed by atoms with van der Waals surface area (Å²) in [5.74, 6) is -0.776. The second-order valence-electron chi connectivity index (χ2n) is 10.1. The Labute approximate surface area is 212 Å². The van der Waals surface area contributed by atoms with Crippen LogP contribution in [0.1, 0.15) is 49.4 Å². The van der Waals surface area contributed by atoms with Crippen LogP contribution >= 0.6 is 0 Å². The minimum atomic E-state index is -1.10. The van der Waals surface area contributed by atoms with Crippen LogP contribution in [0.15, 0.2) is 54.6 Å². The molecule has 8 heteroatoms. The molecule has 1 aliphatic carbocycles. The van der Waals surface area contributed by atoms with Gasteiger partial charge in [0, 0.05) is 13.1 Å². The highest BCUT2D eigenvalue weighted by Gasteiger charge is 2.46. The number of carbonyl (C=O) groups excluding carboxylic acids is 2. The van der Waals surface area contributed by atoms with Crippen molar-refractivity contribution in [3.63, 3.8) is 0 Å². The molecule has 2 aromatic carbocycles. The second kappa shape index (κ2) is 11.1. The standard InChI is InChI=1S/C28H36N4O4/c1-18(2)24(29)27(34)32-16-15-31(28(35)36)23(17-19-9-4-3-5-10-19)25(32)26(33)30-22-14-8-12-20-11-6-7-13-21(20)22/h3-7,9-11,13,18,22-25H,8,12,14-17,29H2,1-2H3,(H,30,33)(H,35,36)/t22-,23?,24+,25+/m1/s1. The molecule has 0 aromatic heterocycles. The van der Waals surface area contributed by atoms with Crippen molar-refractivity contribution in [2.75, 3.05) is 13.1 Å². The lowest BCUT2D eigenvalue weighted by molar-refractivity contribution is -0.148. The molecule has 0 saturated carbocycles. The smallest absolute Gasteiger partial charge is 0.407 e. The van der Waals surface area contributed by atoms with E-state index in [-0.39, 0.29) is 36.9 Å². The number of rotatable bonds is 6. The van der Waals surface area contributed by atoms with E-state index in [0.717, 1.165) is 30.4 Å². The topological polar surface area (TPSA) is 116 Å². The van der Waals surface area contributed by atoms with Crippen molar-refractivity contribution in [2.45, 2.75) is 63.7 Å². The molecule has 0 spiro atoms. The van der Waals surface area contributed by atoms with Crippen LogP contribution in [0, 0.1) is 5.92 Å². The fourth-order valence-corrected chi connectivity index (χ4v) is 5.41. The molecule has 4 N–H and O–H groups in total. The first-order chi connectivity index (χ1) is 17.3. The molecule has 36 heavy (non-hydrogen) atoms. The van der Waals surface area contributed by atoms with Crippen molar-refractivity contribution in [1.82, 2.24) is 15.1 Å². The van der Waals surface area contributed by atoms with E-state index in [4.69, 9.17) is 5.73 Å². The summed E-state index contributed by atoms with van der Waals surface area (Å²) in [5.41, 5.74) is 9.43. The van der Waals surface area contributed by atoms with Gasteiger partial charge in [-0.25, -0.2) is 4.79 Å². The third-order valence-electron chi connectivity index (χ3n) is 7.46. The van der Waals surface area contributed by atoms with Gasteiger partial charge in [0.05, 0.1) is 18.1 Å². The number of carbonyl (C=O) groups is 3. The minimum absolute atomic E-state index is 0.114. The Kier molecular flexibility index (Phi) is 7.94. The Morgan fingerprint density at radius 3 is 2.39 bits per heavy atom. The zero-order chi connectivity index (χ0) is 25.8. The molecule has 1 unspecified atom stereocenters. The maximum atomic E-state index is 14.0. The van der Waals surface area contributed by atoms with Gasteiger partial charge in [-0.2, -0.15) is 0 Å². The number of hydrogen-bond acceptors (Lipinski definition) is 4. The molecule has 3 amide bonds. The predicted octanol–water partition coefficient (Wildman–Crippen LogP) is 2.97. The first-order valence-electron chi connectivity index (χ1n) is 12.8. The largest absolute Gasteiger partial charge is 0.465 e. The van der Waals surface area contributed by atoms with Gasteiger partial charge in [0.1, 0.15) is 6.04 Å². The number of nitrogens with two attached hydrogens (primary N) is 1. The summed E-state index contributed by atoms with van der Waals surface area (Å²) in [6.07, 6.45) is 1.91. The average molecular weight is 493 g/mol. The normalized spacial score (nSPS) is 22.6. The zero-order valence-corrected chi connectivity index (χ0v) is 21.0. The van der Waals surface area contributed by atoms with Crippen molar-refractivity contribution in [2.24, 2.45) is 11.7 Å². The average Bonchev–Trinajstić information content (AvgIpc) is 2.88. The lowest BCUT2D eigenvalue weighted by Crippen LogP contribution is -2.69. The van der Waals surface area contributed by atoms with Crippen molar-refractivity contribution in [3.05, 3.63) is 71.3 Å². The van der Waals surface area contributed by atoms with Gasteiger partial charge >= 0.3 is 6.09 Å². The minimum Gasteiger partial charge on any atom is -0.465 e. The Hall–Kier alpha value is -3.39. The Bertz CT molecular complexity index is 1090. The fraction of sp³-hybridized carbons (Fsp3) is 0.464. The first-order valence-corrected chi connectivity index (χ1v) is 12.8. The van der Waals surface area contributed by atoms with E-state index in [1.807, 2.05) is 62.4 Å². The van der Waals surface area contributed by atoms with Gasteiger partial charge in [0.25, 0.3) is 0 Å². The summed E-state index contributed by atoms with van der Waals surface area (Å²) in [4.78, 5) is 42.5. The molecule has 1 aliphatic heterocycles. The van der Waals surface area contributed by atoms with Crippen LogP contribution < -0.4 is 11.1 Å². The van der Waals surface area contributed by atoms with E-state index in [9.17, 15) is 19.5 Å². The molecule has 4 atom stereocenters. The molecule has 1 fully saturated rings. The maximum Gasteiger partial charge on any atom is 0.407 e. The molecule has 8 nitrogen and oxygen atoms in total. The first kappa shape index (κ1) is 25.7. The summed E-state index contributed by atoms with van der Waals surface area (Å²) < 4.78 is 0. The predicted molar refractivity (Wildman–Crippen MR) is 137 cm³/mol. The Morgan fingerprint density at radius 1 is 1.03 bits per heavy atom. The molecule has 0 bridgehead atoms. The van der Waals surface area contributed by atoms with Gasteiger partial charge in [-0.1, -0.05) is 68.4 Å². The number of nitrogens with zero attached hydrogens (tertiary/aromatic N) is 2. The Balaban J connectivity index is 1.70. The van der Waals surface area contributed by atoms with Crippen LogP contribution in [0.25, 0.3) is 0 Å². The van der Waals surface area contributed by atoms with Crippen molar-refractivity contribution < 1.29 is 19.5 Å². The molecular weight excluding hydrogens is 456 g/mol. The summed E-state index contributed by atoms with van der Waals surface area (Å²) in [6.45, 7) is 3.98. The number of hydrogen-bond donors (Lipinski definition) is 3. The molecule has 192 valence electrons. The maximum absolute atomic E-state index is 14.0. The van der Waals surface area contributed by atoms with Crippen molar-refractivity contribution in [1.29, 1.82) is 0 Å². The number of amides is 3. The number of piperazine rings is 1. The van der Waals surface area contributed by atoms with Gasteiger partial charge in [-0.3, -0.25) is 9.59 Å². The molecule has 1 heterocycles. The molecular formula is C28H36N4O4. The van der Waals surface area contributed by atoms with E-state index in [1.54, 1.807) is 0 Å². The van der Waals surface area contributed by atoms with Gasteiger partial charge < -0.3 is 26.0 Å². The lowest BCUT2D eigenvalue weighted by atomic mass is 9.87. The fourth-order valence-electron chi connectivity index (χ4n) is 5.41. The van der Waals surface area contributed by atoms with Crippen LogP contribution in [0.2, 0.25) is 0 Å². The second-order valence-corrected chi connectivity index (χ2v) is 10.1. The van der Waals surface area contributed by atoms with E-state index in [0.29, 0.717) is 6.42 Å². The number of aryl methyl sites for hydroxylation is 1. The van der Waals surface area contributed by atoms with Gasteiger partial charge in [0.2, 0.25) is 11.8 Å². The Morgan fingerprint density at radius 2 is 1.69 bits per heavy atom. The van der Waals surface area contributed by atoms with E-state index < -0.39 is 24.2 Å². The molecule has 1 saturated heterocycles. The van der Waals surface area contributed by atoms with Gasteiger partial charge in [0.15, 0.2) is 0 Å². The highest BCUT2D eigenvalue weighted by Crippen LogP contribution is 2.31. The highest BCUT2D eigenvalue weighted by molar-refractivity contribution is 5.91. The molecule has 2 aromatic rings. The number of benzene rings is 2. The van der Waals surface area contributed by atoms with E-state index in [1.165, 1.54) is 15.4 Å². The van der Waals surface area contributed by atoms with Crippen LogP contribution in [0.5, 0.6) is 0 Å². The number of fused-ring (bicyclic) bond motifs is 1. The summed E-state index contributed by atoms with van der Waals surface area (Å²) in [7, 11) is 0. The summed E-state index contributed by atoms with van der Waals surface area (Å²) >= 11 is 0. The highest BCUT2D eigenvalue weighted by atomic mass is 16.4. The van der Waals surface area contributed by atoms with Crippen LogP contribution in [-0.4, -0.2) is 64.0 Å². The van der Waals surface area contributed by atoms with E-state index >= 15 is 0 Å². The van der Waals surface area contributed by atoms with Crippen LogP contribution in [0.4, 0.5) is 4.79 Å². The summed E-state index contributed by atoms with van der Waals surface area (Å²) in [6, 6.07) is 14.9. The number of nitrogens with one attached hydrogen (secondary N) is 1. The van der Waals surface area contributed by atoms with Crippen molar-refractivity contribution >= 4 is 17.9 Å². The third-order valence-corrected chi connectivity index (χ3v) is 7.46. The quantitative estimate of drug-likeness (QED) is 0.573. The van der Waals surface area contributed by atoms with Crippen molar-refractivity contribution in [3.8, 4) is 0 Å². The van der Waals surface area contributed by atoms with E-state index in [2.05, 4.69) is 11.4 Å². The number of carboxylic acid groups (broad SMARTS) is 1.